The predicted molar refractivity (Wildman–Crippen MR) is 135 cm³/mol. The smallest absolute Gasteiger partial charge is 0.0453 e. The summed E-state index contributed by atoms with van der Waals surface area (Å²) in [5.41, 5.74) is 13.1. The van der Waals surface area contributed by atoms with Gasteiger partial charge in [-0.25, -0.2) is 0 Å². The maximum atomic E-state index is 3.56. The Bertz CT molecular complexity index is 1140. The second kappa shape index (κ2) is 9.22. The molecule has 0 saturated heterocycles. The molecule has 0 radical (unpaired) electrons. The lowest BCUT2D eigenvalue weighted by molar-refractivity contribution is 0.949. The number of nitrogens with one attached hydrogen (secondary N) is 1. The van der Waals surface area contributed by atoms with E-state index in [1.165, 1.54) is 55.8 Å². The van der Waals surface area contributed by atoms with E-state index in [-0.39, 0.29) is 0 Å². The van der Waals surface area contributed by atoms with Crippen molar-refractivity contribution in [3.8, 4) is 0 Å². The minimum Gasteiger partial charge on any atom is -0.387 e. The van der Waals surface area contributed by atoms with Crippen molar-refractivity contribution in [3.05, 3.63) is 124 Å². The lowest BCUT2D eigenvalue weighted by atomic mass is 9.82. The van der Waals surface area contributed by atoms with Crippen LogP contribution in [0.1, 0.15) is 47.6 Å². The van der Waals surface area contributed by atoms with Gasteiger partial charge in [0.2, 0.25) is 0 Å². The van der Waals surface area contributed by atoms with Crippen LogP contribution in [0.25, 0.3) is 16.7 Å². The van der Waals surface area contributed by atoms with Crippen LogP contribution in [0, 0.1) is 13.8 Å². The zero-order chi connectivity index (χ0) is 21.8. The number of hydrogen-bond acceptors (Lipinski definition) is 1. The molecule has 1 aliphatic rings. The minimum atomic E-state index is 1.03. The molecule has 0 aliphatic heterocycles. The molecule has 3 aromatic rings. The SMILES string of the molecule is CNC1=C(c2ccc(C)cc2)CCC(c2ccc(C)cc2)=C1/C=C(\C)c1ccccc1. The van der Waals surface area contributed by atoms with Crippen LogP contribution in [0.5, 0.6) is 0 Å². The van der Waals surface area contributed by atoms with Crippen molar-refractivity contribution in [3.63, 3.8) is 0 Å². The molecule has 0 aromatic heterocycles. The molecule has 4 rings (SSSR count). The zero-order valence-corrected chi connectivity index (χ0v) is 19.0. The van der Waals surface area contributed by atoms with Crippen molar-refractivity contribution in [2.45, 2.75) is 33.6 Å². The molecule has 156 valence electrons. The van der Waals surface area contributed by atoms with Crippen LogP contribution in [-0.4, -0.2) is 7.05 Å². The Labute approximate surface area is 186 Å². The van der Waals surface area contributed by atoms with Crippen molar-refractivity contribution in [1.82, 2.24) is 5.32 Å². The molecule has 0 amide bonds. The average Bonchev–Trinajstić information content (AvgIpc) is 2.80. The molecule has 0 saturated carbocycles. The van der Waals surface area contributed by atoms with Gasteiger partial charge in [0.15, 0.2) is 0 Å². The molecular formula is C30H31N. The summed E-state index contributed by atoms with van der Waals surface area (Å²) in [5.74, 6) is 0. The van der Waals surface area contributed by atoms with E-state index in [1.807, 2.05) is 7.05 Å². The minimum absolute atomic E-state index is 1.03. The third-order valence-corrected chi connectivity index (χ3v) is 6.16. The Kier molecular flexibility index (Phi) is 6.23. The molecule has 1 aliphatic carbocycles. The number of benzene rings is 3. The van der Waals surface area contributed by atoms with Gasteiger partial charge in [-0.2, -0.15) is 0 Å². The fourth-order valence-corrected chi connectivity index (χ4v) is 4.37. The largest absolute Gasteiger partial charge is 0.387 e. The normalized spacial score (nSPS) is 14.8. The third-order valence-electron chi connectivity index (χ3n) is 6.16. The number of aryl methyl sites for hydroxylation is 2. The highest BCUT2D eigenvalue weighted by Crippen LogP contribution is 2.40. The standard InChI is InChI=1S/C30H31N/c1-21-10-14-25(15-11-21)27-18-19-28(26-16-12-22(2)13-17-26)30(31-4)29(27)20-23(3)24-8-6-5-7-9-24/h5-17,20,31H,18-19H2,1-4H3/b23-20+. The molecule has 1 nitrogen and oxygen atoms in total. The summed E-state index contributed by atoms with van der Waals surface area (Å²) in [6.45, 7) is 6.50. The fraction of sp³-hybridized carbons (Fsp3) is 0.200. The molecule has 0 spiro atoms. The van der Waals surface area contributed by atoms with E-state index in [9.17, 15) is 0 Å². The van der Waals surface area contributed by atoms with Gasteiger partial charge in [0.1, 0.15) is 0 Å². The number of hydrogen-bond donors (Lipinski definition) is 1. The van der Waals surface area contributed by atoms with Gasteiger partial charge in [-0.3, -0.25) is 0 Å². The van der Waals surface area contributed by atoms with Crippen LogP contribution in [-0.2, 0) is 0 Å². The van der Waals surface area contributed by atoms with Gasteiger partial charge >= 0.3 is 0 Å². The van der Waals surface area contributed by atoms with E-state index in [2.05, 4.69) is 111 Å². The highest BCUT2D eigenvalue weighted by molar-refractivity contribution is 5.88. The summed E-state index contributed by atoms with van der Waals surface area (Å²) < 4.78 is 0. The third kappa shape index (κ3) is 4.56. The second-order valence-electron chi connectivity index (χ2n) is 8.42. The van der Waals surface area contributed by atoms with Gasteiger partial charge in [-0.1, -0.05) is 90.0 Å². The second-order valence-corrected chi connectivity index (χ2v) is 8.42. The fourth-order valence-electron chi connectivity index (χ4n) is 4.37. The van der Waals surface area contributed by atoms with Gasteiger partial charge < -0.3 is 5.32 Å². The van der Waals surface area contributed by atoms with Crippen LogP contribution in [0.3, 0.4) is 0 Å². The van der Waals surface area contributed by atoms with Crippen molar-refractivity contribution in [2.75, 3.05) is 7.05 Å². The number of allylic oxidation sites excluding steroid dienone is 4. The van der Waals surface area contributed by atoms with Crippen molar-refractivity contribution in [1.29, 1.82) is 0 Å². The summed E-state index contributed by atoms with van der Waals surface area (Å²) in [5, 5.41) is 3.56. The highest BCUT2D eigenvalue weighted by Gasteiger charge is 2.22. The Hall–Kier alpha value is -3.32. The Morgan fingerprint density at radius 3 is 1.77 bits per heavy atom. The zero-order valence-electron chi connectivity index (χ0n) is 19.0. The number of rotatable bonds is 5. The van der Waals surface area contributed by atoms with Crippen LogP contribution in [0.4, 0.5) is 0 Å². The maximum absolute atomic E-state index is 3.56. The van der Waals surface area contributed by atoms with Crippen LogP contribution in [0.2, 0.25) is 0 Å². The quantitative estimate of drug-likeness (QED) is 0.461. The van der Waals surface area contributed by atoms with Crippen LogP contribution >= 0.6 is 0 Å². The van der Waals surface area contributed by atoms with Crippen molar-refractivity contribution < 1.29 is 0 Å². The molecule has 0 atom stereocenters. The number of likely N-dealkylation sites (N-methyl/N-ethyl adjacent to an activating group) is 1. The van der Waals surface area contributed by atoms with Crippen molar-refractivity contribution in [2.24, 2.45) is 0 Å². The monoisotopic (exact) mass is 405 g/mol. The molecule has 0 bridgehead atoms. The summed E-state index contributed by atoms with van der Waals surface area (Å²) >= 11 is 0. The van der Waals surface area contributed by atoms with Crippen LogP contribution in [0.15, 0.2) is 96.2 Å². The van der Waals surface area contributed by atoms with E-state index in [1.54, 1.807) is 0 Å². The molecular weight excluding hydrogens is 374 g/mol. The van der Waals surface area contributed by atoms with Gasteiger partial charge in [0.05, 0.1) is 0 Å². The molecule has 3 aromatic carbocycles. The summed E-state index contributed by atoms with van der Waals surface area (Å²) in [6.07, 6.45) is 4.43. The van der Waals surface area contributed by atoms with E-state index in [0.29, 0.717) is 0 Å². The van der Waals surface area contributed by atoms with Gasteiger partial charge in [-0.05, 0) is 73.1 Å². The summed E-state index contributed by atoms with van der Waals surface area (Å²) in [6, 6.07) is 28.5. The summed E-state index contributed by atoms with van der Waals surface area (Å²) in [7, 11) is 2.05. The lowest BCUT2D eigenvalue weighted by Crippen LogP contribution is -2.16. The Morgan fingerprint density at radius 2 is 1.23 bits per heavy atom. The Balaban J connectivity index is 1.91. The molecule has 0 unspecified atom stereocenters. The van der Waals surface area contributed by atoms with Crippen molar-refractivity contribution >= 4 is 16.7 Å². The first-order valence-electron chi connectivity index (χ1n) is 11.1. The lowest BCUT2D eigenvalue weighted by Gasteiger charge is -2.26. The topological polar surface area (TPSA) is 12.0 Å². The Morgan fingerprint density at radius 1 is 0.710 bits per heavy atom. The molecule has 31 heavy (non-hydrogen) atoms. The maximum Gasteiger partial charge on any atom is 0.0453 e. The van der Waals surface area contributed by atoms with Crippen LogP contribution < -0.4 is 5.32 Å². The van der Waals surface area contributed by atoms with Gasteiger partial charge in [-0.15, -0.1) is 0 Å². The first kappa shape index (κ1) is 20.9. The van der Waals surface area contributed by atoms with E-state index in [0.717, 1.165) is 12.8 Å². The first-order valence-corrected chi connectivity index (χ1v) is 11.1. The van der Waals surface area contributed by atoms with E-state index >= 15 is 0 Å². The van der Waals surface area contributed by atoms with E-state index < -0.39 is 0 Å². The van der Waals surface area contributed by atoms with Gasteiger partial charge in [0, 0.05) is 18.3 Å². The highest BCUT2D eigenvalue weighted by atomic mass is 14.8. The molecule has 0 heterocycles. The average molecular weight is 406 g/mol. The summed E-state index contributed by atoms with van der Waals surface area (Å²) in [4.78, 5) is 0. The predicted octanol–water partition coefficient (Wildman–Crippen LogP) is 7.59. The molecule has 1 N–H and O–H groups in total. The van der Waals surface area contributed by atoms with Gasteiger partial charge in [0.25, 0.3) is 0 Å². The molecule has 0 fully saturated rings. The first-order chi connectivity index (χ1) is 15.1. The van der Waals surface area contributed by atoms with E-state index in [4.69, 9.17) is 0 Å². The molecule has 1 heteroatoms.